The monoisotopic (exact) mass is 482 g/mol. The van der Waals surface area contributed by atoms with Gasteiger partial charge >= 0.3 is 0 Å². The summed E-state index contributed by atoms with van der Waals surface area (Å²) in [4.78, 5) is 25.8. The number of nitrogens with zero attached hydrogens (tertiary/aromatic N) is 2. The summed E-state index contributed by atoms with van der Waals surface area (Å²) in [6, 6.07) is 17.8. The molecule has 2 fully saturated rings. The zero-order valence-corrected chi connectivity index (χ0v) is 20.1. The molecule has 1 aliphatic heterocycles. The quantitative estimate of drug-likeness (QED) is 0.280. The van der Waals surface area contributed by atoms with Crippen LogP contribution in [-0.2, 0) is 16.2 Å². The molecule has 2 bridgehead atoms. The van der Waals surface area contributed by atoms with E-state index in [4.69, 9.17) is 14.2 Å². The van der Waals surface area contributed by atoms with E-state index in [-0.39, 0.29) is 35.5 Å². The fourth-order valence-electron chi connectivity index (χ4n) is 5.81. The molecule has 2 amide bonds. The summed E-state index contributed by atoms with van der Waals surface area (Å²) < 4.78 is 17.4. The van der Waals surface area contributed by atoms with Crippen molar-refractivity contribution in [1.29, 1.82) is 0 Å². The summed E-state index contributed by atoms with van der Waals surface area (Å²) in [6.07, 6.45) is 6.51. The minimum Gasteiger partial charge on any atom is -0.493 e. The fraction of sp³-hybridized carbons (Fsp3) is 0.276. The van der Waals surface area contributed by atoms with Crippen LogP contribution in [0.1, 0.15) is 17.5 Å². The molecule has 182 valence electrons. The topological polar surface area (TPSA) is 77.4 Å². The number of hydrazone groups is 1. The standard InChI is InChI=1S/C29H26N2O5/c1-34-23-12-17(15-30-31-28(32)25-19-10-11-20(14-19)26(25)29(31)33)13-24(35-2)27(23)36-16-21-8-5-7-18-6-3-4-9-22(18)21/h3-13,15,19-20,25-26H,14,16H2,1-2H3. The number of hydrogen-bond acceptors (Lipinski definition) is 6. The SMILES string of the molecule is COc1cc(C=NN2C(=O)C3C4C=CC(C4)C3C2=O)cc(OC)c1OCc1cccc2ccccc12. The van der Waals surface area contributed by atoms with Gasteiger partial charge in [0, 0.05) is 5.56 Å². The van der Waals surface area contributed by atoms with Gasteiger partial charge in [0.25, 0.3) is 11.8 Å². The van der Waals surface area contributed by atoms with Gasteiger partial charge in [-0.1, -0.05) is 54.6 Å². The van der Waals surface area contributed by atoms with Crippen molar-refractivity contribution in [3.8, 4) is 17.2 Å². The number of carbonyl (C=O) groups is 2. The number of rotatable bonds is 7. The Morgan fingerprint density at radius 3 is 2.22 bits per heavy atom. The molecule has 0 spiro atoms. The second kappa shape index (κ2) is 8.82. The van der Waals surface area contributed by atoms with E-state index >= 15 is 0 Å². The van der Waals surface area contributed by atoms with Gasteiger partial charge < -0.3 is 14.2 Å². The van der Waals surface area contributed by atoms with Gasteiger partial charge in [0.2, 0.25) is 5.75 Å². The maximum atomic E-state index is 12.9. The first kappa shape index (κ1) is 22.3. The van der Waals surface area contributed by atoms with Crippen LogP contribution in [0, 0.1) is 23.7 Å². The summed E-state index contributed by atoms with van der Waals surface area (Å²) in [5.74, 6) is 0.709. The second-order valence-corrected chi connectivity index (χ2v) is 9.41. The van der Waals surface area contributed by atoms with E-state index in [2.05, 4.69) is 35.5 Å². The van der Waals surface area contributed by atoms with Crippen molar-refractivity contribution < 1.29 is 23.8 Å². The predicted octanol–water partition coefficient (Wildman–Crippen LogP) is 4.58. The molecule has 3 aromatic carbocycles. The molecule has 3 aromatic rings. The molecule has 1 saturated heterocycles. The minimum atomic E-state index is -0.279. The van der Waals surface area contributed by atoms with E-state index in [1.54, 1.807) is 26.4 Å². The Balaban J connectivity index is 1.24. The molecule has 7 nitrogen and oxygen atoms in total. The Hall–Kier alpha value is -4.13. The molecular weight excluding hydrogens is 456 g/mol. The third kappa shape index (κ3) is 3.54. The van der Waals surface area contributed by atoms with E-state index in [0.29, 0.717) is 29.4 Å². The van der Waals surface area contributed by atoms with Crippen molar-refractivity contribution in [2.24, 2.45) is 28.8 Å². The number of methoxy groups -OCH3 is 2. The van der Waals surface area contributed by atoms with Gasteiger partial charge in [-0.3, -0.25) is 9.59 Å². The van der Waals surface area contributed by atoms with E-state index < -0.39 is 0 Å². The second-order valence-electron chi connectivity index (χ2n) is 9.41. The van der Waals surface area contributed by atoms with Crippen LogP contribution >= 0.6 is 0 Å². The van der Waals surface area contributed by atoms with Crippen molar-refractivity contribution in [2.75, 3.05) is 14.2 Å². The van der Waals surface area contributed by atoms with Gasteiger partial charge in [-0.25, -0.2) is 0 Å². The van der Waals surface area contributed by atoms with Crippen LogP contribution < -0.4 is 14.2 Å². The molecule has 36 heavy (non-hydrogen) atoms. The molecule has 6 rings (SSSR count). The number of fused-ring (bicyclic) bond motifs is 6. The summed E-state index contributed by atoms with van der Waals surface area (Å²) >= 11 is 0. The maximum Gasteiger partial charge on any atom is 0.254 e. The zero-order chi connectivity index (χ0) is 24.8. The van der Waals surface area contributed by atoms with E-state index in [1.807, 2.05) is 24.3 Å². The van der Waals surface area contributed by atoms with Crippen molar-refractivity contribution in [3.05, 3.63) is 77.9 Å². The van der Waals surface area contributed by atoms with E-state index in [0.717, 1.165) is 27.8 Å². The van der Waals surface area contributed by atoms with E-state index in [9.17, 15) is 9.59 Å². The highest BCUT2D eigenvalue weighted by Crippen LogP contribution is 2.52. The van der Waals surface area contributed by atoms with Crippen LogP contribution in [0.4, 0.5) is 0 Å². The Kier molecular flexibility index (Phi) is 5.48. The van der Waals surface area contributed by atoms with Crippen molar-refractivity contribution in [3.63, 3.8) is 0 Å². The first-order valence-corrected chi connectivity index (χ1v) is 12.0. The Morgan fingerprint density at radius 2 is 1.56 bits per heavy atom. The maximum absolute atomic E-state index is 12.9. The molecule has 0 radical (unpaired) electrons. The lowest BCUT2D eigenvalue weighted by Crippen LogP contribution is -2.28. The fourth-order valence-corrected chi connectivity index (χ4v) is 5.81. The lowest BCUT2D eigenvalue weighted by molar-refractivity contribution is -0.140. The smallest absolute Gasteiger partial charge is 0.254 e. The number of ether oxygens (including phenoxy) is 3. The number of hydrogen-bond donors (Lipinski definition) is 0. The highest BCUT2D eigenvalue weighted by molar-refractivity contribution is 6.06. The molecule has 2 aliphatic carbocycles. The van der Waals surface area contributed by atoms with Crippen LogP contribution in [0.15, 0.2) is 71.9 Å². The van der Waals surface area contributed by atoms with Gasteiger partial charge in [0.1, 0.15) is 6.61 Å². The van der Waals surface area contributed by atoms with Gasteiger partial charge in [0.15, 0.2) is 11.5 Å². The molecule has 1 saturated carbocycles. The molecule has 0 N–H and O–H groups in total. The summed E-state index contributed by atoms with van der Waals surface area (Å²) in [5, 5.41) is 7.57. The molecule has 7 heteroatoms. The van der Waals surface area contributed by atoms with Crippen LogP contribution in [0.2, 0.25) is 0 Å². The highest BCUT2D eigenvalue weighted by atomic mass is 16.5. The lowest BCUT2D eigenvalue weighted by Gasteiger charge is -2.16. The number of carbonyl (C=O) groups excluding carboxylic acids is 2. The van der Waals surface area contributed by atoms with Crippen molar-refractivity contribution in [2.45, 2.75) is 13.0 Å². The third-order valence-corrected chi connectivity index (χ3v) is 7.50. The first-order valence-electron chi connectivity index (χ1n) is 12.0. The zero-order valence-electron chi connectivity index (χ0n) is 20.1. The van der Waals surface area contributed by atoms with Crippen LogP contribution in [-0.4, -0.2) is 37.3 Å². The Bertz CT molecular complexity index is 1370. The Labute approximate surface area is 208 Å². The van der Waals surface area contributed by atoms with Crippen molar-refractivity contribution in [1.82, 2.24) is 5.01 Å². The average molecular weight is 483 g/mol. The van der Waals surface area contributed by atoms with Gasteiger partial charge in [-0.2, -0.15) is 10.1 Å². The van der Waals surface area contributed by atoms with Crippen molar-refractivity contribution >= 4 is 28.8 Å². The van der Waals surface area contributed by atoms with Crippen LogP contribution in [0.3, 0.4) is 0 Å². The minimum absolute atomic E-state index is 0.148. The Morgan fingerprint density at radius 1 is 0.917 bits per heavy atom. The number of imide groups is 1. The summed E-state index contributed by atoms with van der Waals surface area (Å²) in [7, 11) is 3.11. The molecular formula is C29H26N2O5. The average Bonchev–Trinajstić information content (AvgIpc) is 3.60. The highest BCUT2D eigenvalue weighted by Gasteiger charge is 2.59. The number of amides is 2. The molecule has 3 aliphatic rings. The molecule has 0 aromatic heterocycles. The van der Waals surface area contributed by atoms with Gasteiger partial charge in [-0.15, -0.1) is 0 Å². The van der Waals surface area contributed by atoms with E-state index in [1.165, 1.54) is 6.21 Å². The summed E-state index contributed by atoms with van der Waals surface area (Å²) in [5.41, 5.74) is 1.67. The number of allylic oxidation sites excluding steroid dienone is 2. The largest absolute Gasteiger partial charge is 0.493 e. The predicted molar refractivity (Wildman–Crippen MR) is 135 cm³/mol. The lowest BCUT2D eigenvalue weighted by atomic mass is 9.85. The van der Waals surface area contributed by atoms with Crippen LogP contribution in [0.25, 0.3) is 10.8 Å². The van der Waals surface area contributed by atoms with Crippen LogP contribution in [0.5, 0.6) is 17.2 Å². The molecule has 4 atom stereocenters. The van der Waals surface area contributed by atoms with Gasteiger partial charge in [0.05, 0.1) is 32.3 Å². The molecule has 4 unspecified atom stereocenters. The molecule has 1 heterocycles. The van der Waals surface area contributed by atoms with Gasteiger partial charge in [-0.05, 0) is 46.7 Å². The number of benzene rings is 3. The normalized spacial score (nSPS) is 24.2. The summed E-state index contributed by atoms with van der Waals surface area (Å²) in [6.45, 7) is 0.331. The first-order chi connectivity index (χ1) is 17.6. The third-order valence-electron chi connectivity index (χ3n) is 7.50.